The van der Waals surface area contributed by atoms with Crippen molar-refractivity contribution in [3.63, 3.8) is 0 Å². The number of amides is 1. The number of carbonyl (C=O) groups is 1. The summed E-state index contributed by atoms with van der Waals surface area (Å²) in [4.78, 5) is 22.0. The number of piperazine rings is 1. The minimum Gasteiger partial charge on any atom is -0.486 e. The first-order valence-electron chi connectivity index (χ1n) is 16.4. The molecule has 4 rings (SSSR count). The predicted molar refractivity (Wildman–Crippen MR) is 196 cm³/mol. The van der Waals surface area contributed by atoms with Gasteiger partial charge in [-0.25, -0.2) is 8.42 Å². The molecule has 266 valence electrons. The lowest BCUT2D eigenvalue weighted by Crippen LogP contribution is -2.48. The van der Waals surface area contributed by atoms with Crippen LogP contribution in [0.5, 0.6) is 0 Å². The molecule has 1 aromatic carbocycles. The maximum absolute atomic E-state index is 11.0. The van der Waals surface area contributed by atoms with Crippen molar-refractivity contribution in [2.75, 3.05) is 78.1 Å². The Labute approximate surface area is 293 Å². The van der Waals surface area contributed by atoms with E-state index in [0.717, 1.165) is 64.3 Å². The maximum atomic E-state index is 11.0. The number of carbonyl (C=O) groups excluding carboxylic acids is 1. The summed E-state index contributed by atoms with van der Waals surface area (Å²) in [5.41, 5.74) is 2.37. The molecule has 3 aliphatic heterocycles. The minimum absolute atomic E-state index is 0.0900. The van der Waals surface area contributed by atoms with Crippen LogP contribution in [0.25, 0.3) is 0 Å². The molecule has 0 aromatic heterocycles. The predicted octanol–water partition coefficient (Wildman–Crippen LogP) is 4.84. The van der Waals surface area contributed by atoms with Gasteiger partial charge in [-0.05, 0) is 89.9 Å². The second-order valence-electron chi connectivity index (χ2n) is 12.7. The van der Waals surface area contributed by atoms with Crippen molar-refractivity contribution in [2.45, 2.75) is 59.6 Å². The Hall–Kier alpha value is -2.15. The summed E-state index contributed by atoms with van der Waals surface area (Å²) in [5, 5.41) is 7.08. The number of halogens is 2. The zero-order valence-corrected chi connectivity index (χ0v) is 31.4. The standard InChI is InChI=1S/C13H24N2O.C11H10Cl2N2O.C10H22N2O2S/c1-4-11(2)10-15-7-5-13(6-8-15)9-14-12(3)16;12-9-1-8(2-10(13)3-9)6-16-11-4-14-7-15-5-11;1-10(4-9-15(3,13)14)12-7-5-11(2)6-8-12/h4,13H,5-10H2,1-3H3,(H,14,16);1-5,14H,6-7H2;10H,4-9H2,1-3H3/b11-4+;;. The smallest absolute Gasteiger partial charge is 0.216 e. The summed E-state index contributed by atoms with van der Waals surface area (Å²) < 4.78 is 27.6. The van der Waals surface area contributed by atoms with E-state index in [2.05, 4.69) is 64.2 Å². The number of nitrogens with one attached hydrogen (secondary N) is 2. The van der Waals surface area contributed by atoms with E-state index in [9.17, 15) is 13.2 Å². The van der Waals surface area contributed by atoms with Gasteiger partial charge < -0.3 is 20.3 Å². The molecule has 2 N–H and O–H groups in total. The van der Waals surface area contributed by atoms with Crippen LogP contribution in [0.2, 0.25) is 10.0 Å². The SMILES string of the molecule is C/C=C(\C)CN1CCC(CNC(C)=O)CC1.CC(CCS(C)(=O)=O)N1CCN(C)CC1.Clc1cc(Cl)cc(COC2=CNCN=C2)c1. The number of aliphatic imine (C=N–C) groups is 1. The van der Waals surface area contributed by atoms with Gasteiger partial charge in [0.25, 0.3) is 0 Å². The second kappa shape index (κ2) is 21.7. The first kappa shape index (κ1) is 41.0. The number of ether oxygens (including phenoxy) is 1. The monoisotopic (exact) mass is 714 g/mol. The Morgan fingerprint density at radius 3 is 2.28 bits per heavy atom. The average molecular weight is 716 g/mol. The van der Waals surface area contributed by atoms with Crippen LogP contribution in [0.1, 0.15) is 52.5 Å². The molecule has 0 saturated carbocycles. The molecule has 3 heterocycles. The zero-order valence-electron chi connectivity index (χ0n) is 29.1. The number of rotatable bonds is 11. The number of likely N-dealkylation sites (tertiary alicyclic amines) is 1. The molecule has 0 bridgehead atoms. The lowest BCUT2D eigenvalue weighted by atomic mass is 9.96. The molecular formula is C34H56Cl2N6O4S. The molecule has 0 aliphatic carbocycles. The largest absolute Gasteiger partial charge is 0.486 e. The van der Waals surface area contributed by atoms with Gasteiger partial charge in [0.15, 0.2) is 5.76 Å². The van der Waals surface area contributed by atoms with Crippen molar-refractivity contribution in [1.29, 1.82) is 0 Å². The molecule has 1 atom stereocenters. The number of piperidine rings is 1. The van der Waals surface area contributed by atoms with E-state index in [-0.39, 0.29) is 5.91 Å². The Morgan fingerprint density at radius 1 is 1.11 bits per heavy atom. The van der Waals surface area contributed by atoms with Crippen molar-refractivity contribution >= 4 is 45.2 Å². The van der Waals surface area contributed by atoms with Crippen LogP contribution < -0.4 is 10.6 Å². The van der Waals surface area contributed by atoms with E-state index >= 15 is 0 Å². The van der Waals surface area contributed by atoms with Gasteiger partial charge in [-0.3, -0.25) is 19.6 Å². The highest BCUT2D eigenvalue weighted by molar-refractivity contribution is 7.90. The fourth-order valence-corrected chi connectivity index (χ4v) is 6.56. The Balaban J connectivity index is 0.000000245. The molecule has 0 radical (unpaired) electrons. The summed E-state index contributed by atoms with van der Waals surface area (Å²) in [6.45, 7) is 17.6. The van der Waals surface area contributed by atoms with Crippen molar-refractivity contribution in [3.8, 4) is 0 Å². The molecule has 47 heavy (non-hydrogen) atoms. The third-order valence-electron chi connectivity index (χ3n) is 8.35. The van der Waals surface area contributed by atoms with E-state index in [1.165, 1.54) is 24.7 Å². The van der Waals surface area contributed by atoms with Crippen LogP contribution in [-0.2, 0) is 26.0 Å². The van der Waals surface area contributed by atoms with E-state index in [4.69, 9.17) is 27.9 Å². The number of likely N-dealkylation sites (N-methyl/N-ethyl adjacent to an activating group) is 1. The number of allylic oxidation sites excluding steroid dienone is 2. The lowest BCUT2D eigenvalue weighted by Gasteiger charge is -2.36. The van der Waals surface area contributed by atoms with Gasteiger partial charge in [0.1, 0.15) is 23.1 Å². The number of nitrogens with zero attached hydrogens (tertiary/aromatic N) is 4. The third kappa shape index (κ3) is 18.8. The first-order valence-corrected chi connectivity index (χ1v) is 19.3. The molecule has 1 aromatic rings. The molecule has 1 amide bonds. The lowest BCUT2D eigenvalue weighted by molar-refractivity contribution is -0.119. The normalized spacial score (nSPS) is 18.9. The van der Waals surface area contributed by atoms with Gasteiger partial charge in [0.2, 0.25) is 5.91 Å². The molecule has 1 unspecified atom stereocenters. The van der Waals surface area contributed by atoms with Crippen LogP contribution in [0.3, 0.4) is 0 Å². The van der Waals surface area contributed by atoms with Gasteiger partial charge in [-0.15, -0.1) is 0 Å². The molecule has 10 nitrogen and oxygen atoms in total. The fourth-order valence-electron chi connectivity index (χ4n) is 5.22. The Morgan fingerprint density at radius 2 is 1.74 bits per heavy atom. The first-order chi connectivity index (χ1) is 22.2. The zero-order chi connectivity index (χ0) is 34.8. The van der Waals surface area contributed by atoms with E-state index in [0.29, 0.717) is 46.8 Å². The van der Waals surface area contributed by atoms with Crippen molar-refractivity contribution in [3.05, 3.63) is 57.4 Å². The van der Waals surface area contributed by atoms with Gasteiger partial charge in [0.05, 0.1) is 12.0 Å². The van der Waals surface area contributed by atoms with Crippen molar-refractivity contribution < 1.29 is 17.9 Å². The van der Waals surface area contributed by atoms with Crippen LogP contribution in [-0.4, -0.2) is 119 Å². The van der Waals surface area contributed by atoms with Crippen molar-refractivity contribution in [1.82, 2.24) is 25.3 Å². The Bertz CT molecular complexity index is 1270. The molecule has 0 spiro atoms. The maximum Gasteiger partial charge on any atom is 0.216 e. The van der Waals surface area contributed by atoms with Crippen LogP contribution in [0, 0.1) is 5.92 Å². The summed E-state index contributed by atoms with van der Waals surface area (Å²) in [5.74, 6) is 1.76. The van der Waals surface area contributed by atoms with E-state index in [1.54, 1.807) is 25.4 Å². The van der Waals surface area contributed by atoms with Crippen LogP contribution in [0.15, 0.2) is 46.8 Å². The second-order valence-corrected chi connectivity index (χ2v) is 15.8. The molecule has 2 fully saturated rings. The van der Waals surface area contributed by atoms with Gasteiger partial charge in [-0.1, -0.05) is 34.9 Å². The van der Waals surface area contributed by atoms with Crippen molar-refractivity contribution in [2.24, 2.45) is 10.9 Å². The molecule has 3 aliphatic rings. The average Bonchev–Trinajstić information content (AvgIpc) is 3.03. The highest BCUT2D eigenvalue weighted by atomic mass is 35.5. The highest BCUT2D eigenvalue weighted by Gasteiger charge is 2.20. The Kier molecular flexibility index (Phi) is 19.0. The van der Waals surface area contributed by atoms with Crippen LogP contribution in [0.4, 0.5) is 0 Å². The molecular weight excluding hydrogens is 659 g/mol. The topological polar surface area (TPSA) is 107 Å². The van der Waals surface area contributed by atoms with Gasteiger partial charge >= 0.3 is 0 Å². The quantitative estimate of drug-likeness (QED) is 0.314. The summed E-state index contributed by atoms with van der Waals surface area (Å²) >= 11 is 11.8. The van der Waals surface area contributed by atoms with Crippen LogP contribution >= 0.6 is 23.2 Å². The highest BCUT2D eigenvalue weighted by Crippen LogP contribution is 2.20. The molecule has 2 saturated heterocycles. The van der Waals surface area contributed by atoms with Gasteiger partial charge in [-0.2, -0.15) is 0 Å². The number of benzene rings is 1. The van der Waals surface area contributed by atoms with E-state index in [1.807, 2.05) is 12.1 Å². The number of sulfone groups is 1. The fraction of sp³-hybridized carbons (Fsp3) is 0.647. The summed E-state index contributed by atoms with van der Waals surface area (Å²) in [6.07, 6.45) is 10.1. The summed E-state index contributed by atoms with van der Waals surface area (Å²) in [6, 6.07) is 5.71. The molecule has 13 heteroatoms. The number of hydrogen-bond acceptors (Lipinski definition) is 9. The third-order valence-corrected chi connectivity index (χ3v) is 9.77. The van der Waals surface area contributed by atoms with E-state index < -0.39 is 9.84 Å². The minimum atomic E-state index is -2.81. The number of hydrogen-bond donors (Lipinski definition) is 2. The summed E-state index contributed by atoms with van der Waals surface area (Å²) in [7, 11) is -0.682. The van der Waals surface area contributed by atoms with Gasteiger partial charge in [0, 0.05) is 74.7 Å².